The normalized spacial score (nSPS) is 17.9. The van der Waals surface area contributed by atoms with Crippen molar-refractivity contribution in [2.45, 2.75) is 39.0 Å². The van der Waals surface area contributed by atoms with Crippen LogP contribution in [0.2, 0.25) is 0 Å². The Labute approximate surface area is 114 Å². The van der Waals surface area contributed by atoms with Gasteiger partial charge in [-0.1, -0.05) is 13.0 Å². The summed E-state index contributed by atoms with van der Waals surface area (Å²) in [6.07, 6.45) is 4.10. The smallest absolute Gasteiger partial charge is 0.309 e. The molecule has 1 rings (SSSR count). The molecule has 0 aliphatic carbocycles. The second kappa shape index (κ2) is 7.71. The Kier molecular flexibility index (Phi) is 6.25. The van der Waals surface area contributed by atoms with Crippen LogP contribution < -0.4 is 0 Å². The van der Waals surface area contributed by atoms with E-state index in [0.717, 1.165) is 25.7 Å². The van der Waals surface area contributed by atoms with Crippen molar-refractivity contribution in [1.29, 1.82) is 10.8 Å². The number of carbonyl (C=O) groups excluding carboxylic acids is 1. The van der Waals surface area contributed by atoms with Gasteiger partial charge in [-0.3, -0.25) is 10.2 Å². The standard InChI is InChI=1S/C14H22N2O3/c1-10(2)13(16)19-9-12(15)6-4-3-5-11-7-8-18-14(11)17/h11,15-16H,1,3-9H2,2H3. The summed E-state index contributed by atoms with van der Waals surface area (Å²) >= 11 is 0. The molecule has 1 atom stereocenters. The lowest BCUT2D eigenvalue weighted by Gasteiger charge is -2.08. The third-order valence-electron chi connectivity index (χ3n) is 3.10. The van der Waals surface area contributed by atoms with E-state index in [4.69, 9.17) is 20.3 Å². The number of hydrogen-bond acceptors (Lipinski definition) is 5. The van der Waals surface area contributed by atoms with Gasteiger partial charge in [-0.05, 0) is 32.6 Å². The maximum Gasteiger partial charge on any atom is 0.309 e. The predicted molar refractivity (Wildman–Crippen MR) is 73.8 cm³/mol. The van der Waals surface area contributed by atoms with Gasteiger partial charge in [0.15, 0.2) is 0 Å². The van der Waals surface area contributed by atoms with Crippen molar-refractivity contribution in [2.75, 3.05) is 13.2 Å². The lowest BCUT2D eigenvalue weighted by Crippen LogP contribution is -2.13. The number of carbonyl (C=O) groups is 1. The molecule has 0 saturated carbocycles. The summed E-state index contributed by atoms with van der Waals surface area (Å²) < 4.78 is 10.00. The first-order chi connectivity index (χ1) is 9.00. The number of rotatable bonds is 8. The van der Waals surface area contributed by atoms with E-state index < -0.39 is 0 Å². The van der Waals surface area contributed by atoms with Crippen LogP contribution in [0.25, 0.3) is 0 Å². The highest BCUT2D eigenvalue weighted by molar-refractivity contribution is 5.92. The van der Waals surface area contributed by atoms with E-state index in [1.165, 1.54) is 0 Å². The van der Waals surface area contributed by atoms with Crippen LogP contribution in [-0.2, 0) is 14.3 Å². The molecule has 1 saturated heterocycles. The molecule has 0 bridgehead atoms. The highest BCUT2D eigenvalue weighted by Crippen LogP contribution is 2.20. The minimum atomic E-state index is -0.0756. The van der Waals surface area contributed by atoms with Crippen molar-refractivity contribution in [3.8, 4) is 0 Å². The Morgan fingerprint density at radius 2 is 2.21 bits per heavy atom. The molecule has 5 nitrogen and oxygen atoms in total. The van der Waals surface area contributed by atoms with Crippen molar-refractivity contribution in [3.05, 3.63) is 12.2 Å². The van der Waals surface area contributed by atoms with E-state index in [1.807, 2.05) is 0 Å². The fraction of sp³-hybridized carbons (Fsp3) is 0.643. The zero-order valence-corrected chi connectivity index (χ0v) is 11.5. The zero-order chi connectivity index (χ0) is 14.3. The molecule has 106 valence electrons. The molecule has 0 aromatic rings. The number of esters is 1. The maximum absolute atomic E-state index is 11.2. The minimum absolute atomic E-state index is 0.0402. The molecule has 1 aliphatic heterocycles. The van der Waals surface area contributed by atoms with Crippen LogP contribution in [0.3, 0.4) is 0 Å². The summed E-state index contributed by atoms with van der Waals surface area (Å²) in [5.41, 5.74) is 1.03. The van der Waals surface area contributed by atoms with Gasteiger partial charge in [-0.25, -0.2) is 0 Å². The zero-order valence-electron chi connectivity index (χ0n) is 11.5. The molecule has 0 radical (unpaired) electrons. The van der Waals surface area contributed by atoms with Gasteiger partial charge in [0.05, 0.1) is 12.5 Å². The van der Waals surface area contributed by atoms with E-state index in [-0.39, 0.29) is 24.4 Å². The highest BCUT2D eigenvalue weighted by Gasteiger charge is 2.25. The second-order valence-electron chi connectivity index (χ2n) is 4.90. The van der Waals surface area contributed by atoms with E-state index in [1.54, 1.807) is 6.92 Å². The molecule has 0 spiro atoms. The molecule has 19 heavy (non-hydrogen) atoms. The first-order valence-corrected chi connectivity index (χ1v) is 6.61. The number of cyclic esters (lactones) is 1. The van der Waals surface area contributed by atoms with Crippen molar-refractivity contribution in [1.82, 2.24) is 0 Å². The van der Waals surface area contributed by atoms with E-state index in [9.17, 15) is 4.79 Å². The molecule has 1 heterocycles. The Balaban J connectivity index is 2.05. The number of nitrogens with one attached hydrogen (secondary N) is 2. The summed E-state index contributed by atoms with van der Waals surface area (Å²) in [6, 6.07) is 0. The Morgan fingerprint density at radius 1 is 1.47 bits per heavy atom. The maximum atomic E-state index is 11.2. The van der Waals surface area contributed by atoms with Crippen molar-refractivity contribution < 1.29 is 14.3 Å². The van der Waals surface area contributed by atoms with Crippen LogP contribution in [-0.4, -0.2) is 30.8 Å². The molecule has 1 fully saturated rings. The second-order valence-corrected chi connectivity index (χ2v) is 4.90. The van der Waals surface area contributed by atoms with Gasteiger partial charge in [0.1, 0.15) is 6.61 Å². The fourth-order valence-electron chi connectivity index (χ4n) is 1.88. The Bertz CT molecular complexity index is 377. The van der Waals surface area contributed by atoms with Gasteiger partial charge >= 0.3 is 5.97 Å². The monoisotopic (exact) mass is 266 g/mol. The molecule has 1 unspecified atom stereocenters. The van der Waals surface area contributed by atoms with Crippen molar-refractivity contribution >= 4 is 17.6 Å². The van der Waals surface area contributed by atoms with Gasteiger partial charge in [0, 0.05) is 11.3 Å². The number of ether oxygens (including phenoxy) is 2. The molecule has 2 N–H and O–H groups in total. The van der Waals surface area contributed by atoms with Gasteiger partial charge in [0.25, 0.3) is 0 Å². The minimum Gasteiger partial charge on any atom is -0.472 e. The lowest BCUT2D eigenvalue weighted by molar-refractivity contribution is -0.141. The Hall–Kier alpha value is -1.65. The topological polar surface area (TPSA) is 83.2 Å². The van der Waals surface area contributed by atoms with Crippen molar-refractivity contribution in [2.24, 2.45) is 5.92 Å². The number of unbranched alkanes of at least 4 members (excludes halogenated alkanes) is 1. The summed E-state index contributed by atoms with van der Waals surface area (Å²) in [6.45, 7) is 6.00. The van der Waals surface area contributed by atoms with Gasteiger partial charge in [-0.15, -0.1) is 0 Å². The quantitative estimate of drug-likeness (QED) is 0.306. The van der Waals surface area contributed by atoms with Crippen LogP contribution in [0, 0.1) is 16.7 Å². The highest BCUT2D eigenvalue weighted by atomic mass is 16.5. The van der Waals surface area contributed by atoms with E-state index in [2.05, 4.69) is 6.58 Å². The van der Waals surface area contributed by atoms with Crippen LogP contribution in [0.1, 0.15) is 39.0 Å². The summed E-state index contributed by atoms with van der Waals surface area (Å²) in [5.74, 6) is 0.0220. The Morgan fingerprint density at radius 3 is 2.79 bits per heavy atom. The third-order valence-corrected chi connectivity index (χ3v) is 3.10. The van der Waals surface area contributed by atoms with E-state index >= 15 is 0 Å². The average molecular weight is 266 g/mol. The first-order valence-electron chi connectivity index (χ1n) is 6.61. The van der Waals surface area contributed by atoms with Crippen LogP contribution >= 0.6 is 0 Å². The van der Waals surface area contributed by atoms with Gasteiger partial charge in [0.2, 0.25) is 5.90 Å². The summed E-state index contributed by atoms with van der Waals surface area (Å²) in [7, 11) is 0. The van der Waals surface area contributed by atoms with Gasteiger partial charge < -0.3 is 14.9 Å². The average Bonchev–Trinajstić information content (AvgIpc) is 2.77. The molecule has 0 aromatic heterocycles. The molecule has 0 aromatic carbocycles. The molecule has 1 aliphatic rings. The number of hydrogen-bond donors (Lipinski definition) is 2. The van der Waals surface area contributed by atoms with Crippen LogP contribution in [0.4, 0.5) is 0 Å². The largest absolute Gasteiger partial charge is 0.472 e. The summed E-state index contributed by atoms with van der Waals surface area (Å²) in [5, 5.41) is 15.1. The lowest BCUT2D eigenvalue weighted by atomic mass is 9.99. The van der Waals surface area contributed by atoms with E-state index in [0.29, 0.717) is 24.3 Å². The predicted octanol–water partition coefficient (Wildman–Crippen LogP) is 2.70. The summed E-state index contributed by atoms with van der Waals surface area (Å²) in [4.78, 5) is 11.2. The van der Waals surface area contributed by atoms with Crippen LogP contribution in [0.15, 0.2) is 12.2 Å². The molecule has 0 amide bonds. The first kappa shape index (κ1) is 15.4. The van der Waals surface area contributed by atoms with Crippen LogP contribution in [0.5, 0.6) is 0 Å². The molecular formula is C14H22N2O3. The molecule has 5 heteroatoms. The third kappa shape index (κ3) is 5.68. The van der Waals surface area contributed by atoms with Crippen molar-refractivity contribution in [3.63, 3.8) is 0 Å². The molecular weight excluding hydrogens is 244 g/mol. The van der Waals surface area contributed by atoms with Gasteiger partial charge in [-0.2, -0.15) is 0 Å². The fourth-order valence-corrected chi connectivity index (χ4v) is 1.88. The SMILES string of the molecule is C=C(C)C(=N)OCC(=N)CCCCC1CCOC1=O.